The lowest BCUT2D eigenvalue weighted by Crippen LogP contribution is -2.49. The number of rotatable bonds is 18. The highest BCUT2D eigenvalue weighted by molar-refractivity contribution is 7.93. The normalized spacial score (nSPS) is 29.7. The monoisotopic (exact) mass is 1660 g/mol. The van der Waals surface area contributed by atoms with Gasteiger partial charge in [-0.25, -0.2) is 17.6 Å². The number of carbonyl (C=O) groups excluding carboxylic acids is 1. The van der Waals surface area contributed by atoms with Crippen LogP contribution < -0.4 is 5.73 Å². The van der Waals surface area contributed by atoms with Crippen molar-refractivity contribution >= 4 is 17.9 Å². The van der Waals surface area contributed by atoms with Crippen LogP contribution in [-0.4, -0.2) is 140 Å². The molecule has 0 bridgehead atoms. The lowest BCUT2D eigenvalue weighted by Gasteiger charge is -2.45. The molecule has 8 aliphatic heterocycles. The summed E-state index contributed by atoms with van der Waals surface area (Å²) in [6, 6.07) is 48.2. The maximum Gasteiger partial charge on any atom is 0.163 e. The Hall–Kier alpha value is -7.21. The van der Waals surface area contributed by atoms with Gasteiger partial charge < -0.3 is 43.6 Å². The van der Waals surface area contributed by atoms with Crippen molar-refractivity contribution in [1.29, 1.82) is 0 Å². The van der Waals surface area contributed by atoms with Crippen LogP contribution in [0.3, 0.4) is 0 Å². The van der Waals surface area contributed by atoms with E-state index in [4.69, 9.17) is 43.6 Å². The van der Waals surface area contributed by atoms with Gasteiger partial charge in [-0.1, -0.05) is 116 Å². The van der Waals surface area contributed by atoms with Crippen LogP contribution in [0.15, 0.2) is 170 Å². The molecule has 4 aliphatic carbocycles. The van der Waals surface area contributed by atoms with E-state index >= 15 is 0 Å². The smallest absolute Gasteiger partial charge is 0.163 e. The number of nitrogens with zero attached hydrogens (tertiary/aromatic N) is 4. The second-order valence-electron chi connectivity index (χ2n) is 36.4. The van der Waals surface area contributed by atoms with E-state index in [-0.39, 0.29) is 79.5 Å². The molecule has 20 heteroatoms. The van der Waals surface area contributed by atoms with E-state index in [2.05, 4.69) is 92.7 Å². The molecule has 12 heterocycles. The minimum absolute atomic E-state index is 0.0439. The molecule has 120 heavy (non-hydrogen) atoms. The van der Waals surface area contributed by atoms with Crippen LogP contribution in [0.2, 0.25) is 0 Å². The third-order valence-corrected chi connectivity index (χ3v) is 28.9. The summed E-state index contributed by atoms with van der Waals surface area (Å²) in [5.41, 5.74) is 20.2. The van der Waals surface area contributed by atoms with E-state index in [0.29, 0.717) is 69.5 Å². The van der Waals surface area contributed by atoms with Gasteiger partial charge in [-0.15, -0.1) is 0 Å². The molecule has 0 radical (unpaired) electrons. The number of pyridine rings is 4. The molecule has 11 atom stereocenters. The molecule has 4 spiro atoms. The summed E-state index contributed by atoms with van der Waals surface area (Å²) in [5, 5.41) is 0. The summed E-state index contributed by atoms with van der Waals surface area (Å²) < 4.78 is 111. The predicted octanol–water partition coefficient (Wildman–Crippen LogP) is 20.8. The number of carbonyl (C=O) groups is 1. The van der Waals surface area contributed by atoms with Crippen LogP contribution in [0.1, 0.15) is 257 Å². The Morgan fingerprint density at radius 2 is 0.658 bits per heavy atom. The molecule has 4 aromatic heterocycles. The summed E-state index contributed by atoms with van der Waals surface area (Å²) in [6.45, 7) is 9.18. The Morgan fingerprint density at radius 1 is 0.367 bits per heavy atom. The van der Waals surface area contributed by atoms with Crippen LogP contribution in [0.25, 0.3) is 0 Å². The van der Waals surface area contributed by atoms with E-state index in [9.17, 15) is 26.2 Å². The lowest BCUT2D eigenvalue weighted by atomic mass is 9.67. The number of fused-ring (bicyclic) bond motifs is 4. The summed E-state index contributed by atoms with van der Waals surface area (Å²) >= 11 is 0.250. The van der Waals surface area contributed by atoms with Crippen molar-refractivity contribution in [1.82, 2.24) is 19.9 Å². The summed E-state index contributed by atoms with van der Waals surface area (Å²) in [5.74, 6) is 1.22. The highest BCUT2D eigenvalue weighted by Crippen LogP contribution is 2.53. The average Bonchev–Trinajstić information content (AvgIpc) is 0.920. The zero-order valence-corrected chi connectivity index (χ0v) is 71.0. The van der Waals surface area contributed by atoms with Gasteiger partial charge in [-0.3, -0.25) is 24.7 Å². The number of aryl methyl sites for hydroxylation is 4. The van der Waals surface area contributed by atoms with Gasteiger partial charge in [0, 0.05) is 153 Å². The molecule has 8 saturated heterocycles. The maximum absolute atomic E-state index is 13.6. The van der Waals surface area contributed by atoms with E-state index in [1.54, 1.807) is 41.0 Å². The highest BCUT2D eigenvalue weighted by Gasteiger charge is 2.54. The molecule has 8 aromatic rings. The highest BCUT2D eigenvalue weighted by atomic mass is 32.2. The number of hydrogen-bond donors (Lipinski definition) is 1. The third-order valence-electron chi connectivity index (χ3n) is 28.9. The predicted molar refractivity (Wildman–Crippen MR) is 458 cm³/mol. The first-order valence-corrected chi connectivity index (χ1v) is 45.7. The Bertz CT molecular complexity index is 4260. The molecule has 12 aliphatic rings. The molecule has 14 nitrogen and oxygen atoms in total. The number of ether oxygens (including phenoxy) is 8. The number of nitrogens with two attached hydrogens (primary N) is 1. The fraction of sp³-hybridized carbons (Fsp3) is 0.550. The molecular formula is C100H122F5N5O9S. The number of hydrogen-bond acceptors (Lipinski definition) is 15. The summed E-state index contributed by atoms with van der Waals surface area (Å²) in [6.07, 6.45) is 38.2. The first-order chi connectivity index (χ1) is 58.5. The van der Waals surface area contributed by atoms with Crippen molar-refractivity contribution in [2.24, 2.45) is 5.73 Å². The molecule has 8 fully saturated rings. The van der Waals surface area contributed by atoms with Crippen molar-refractivity contribution < 1.29 is 64.1 Å². The molecule has 642 valence electrons. The quantitative estimate of drug-likeness (QED) is 0.0805. The number of aromatic nitrogens is 4. The van der Waals surface area contributed by atoms with E-state index < -0.39 is 0 Å². The van der Waals surface area contributed by atoms with Crippen molar-refractivity contribution in [3.05, 3.63) is 261 Å². The number of Topliss-reactive ketones (excluding diaryl/α,β-unsaturated/α-hetero) is 1. The number of benzene rings is 4. The molecular weight excluding hydrogens is 1540 g/mol. The van der Waals surface area contributed by atoms with Crippen LogP contribution in [-0.2, 0) is 85.2 Å². The van der Waals surface area contributed by atoms with Crippen molar-refractivity contribution in [3.8, 4) is 0 Å². The SMILES string of the molecule is CSF.Fc1ccc([C@]2(CCCC3CCc4ccccc43)CCO[C@]3(CCOC3)C2)nc1.Fc1ccc([C@]2(CCC[C@@H]3CCc4ccccc43)CCO[C@]3(CCOC3)C2)nc1.Fc1ccc([C@]2(CCC[C@H]3CCc4ccccc43)CCO[C@]3(CCOC3)C2)nc1.NCC[C@@]1(c2ccc(F)cn2)CCO[C@]2(CCOC2)C1.O=C1CCc2ccccc21. The van der Waals surface area contributed by atoms with Gasteiger partial charge in [0.1, 0.15) is 23.3 Å². The summed E-state index contributed by atoms with van der Waals surface area (Å²) in [4.78, 5) is 29.0. The van der Waals surface area contributed by atoms with Gasteiger partial charge in [0.15, 0.2) is 5.78 Å². The van der Waals surface area contributed by atoms with Crippen LogP contribution in [0.4, 0.5) is 21.4 Å². The van der Waals surface area contributed by atoms with Gasteiger partial charge >= 0.3 is 0 Å². The van der Waals surface area contributed by atoms with Gasteiger partial charge in [0.2, 0.25) is 0 Å². The second kappa shape index (κ2) is 40.2. The van der Waals surface area contributed by atoms with Crippen molar-refractivity contribution in [3.63, 3.8) is 0 Å². The van der Waals surface area contributed by atoms with E-state index in [1.165, 1.54) is 117 Å². The van der Waals surface area contributed by atoms with Gasteiger partial charge in [0.25, 0.3) is 0 Å². The van der Waals surface area contributed by atoms with Crippen LogP contribution in [0, 0.1) is 23.3 Å². The van der Waals surface area contributed by atoms with Crippen molar-refractivity contribution in [2.75, 3.05) is 92.1 Å². The van der Waals surface area contributed by atoms with Crippen molar-refractivity contribution in [2.45, 2.75) is 254 Å². The molecule has 0 amide bonds. The molecule has 2 N–H and O–H groups in total. The number of halogens is 5. The zero-order chi connectivity index (χ0) is 82.9. The first kappa shape index (κ1) is 87.7. The van der Waals surface area contributed by atoms with E-state index in [1.807, 2.05) is 42.5 Å². The topological polar surface area (TPSA) is 168 Å². The number of ketones is 1. The molecule has 20 rings (SSSR count). The first-order valence-electron chi connectivity index (χ1n) is 44.6. The fourth-order valence-electron chi connectivity index (χ4n) is 22.8. The standard InChI is InChI=1S/3C25H30FNO2.C15H21FN2O2.C9H8O.CH3FS/c3*26-21-9-10-23(27-16-21)24(12-15-29-25(17-24)13-14-28-18-25)11-3-5-20-8-7-19-4-1-2-6-22(19)20;16-12-1-2-13(18-9-12)14(3-6-17)4-8-20-15(10-14)5-7-19-11-15;10-9-6-5-7-3-1-2-4-8(7)9;1-3-2/h3*1-2,4,6,9-10,16,20H,3,5,7-8,11-15,17-18H2;1-2,9H,3-8,10-11,17H2;1-4H,5-6H2;1H3/t20?,24-,25-;20-,24+,25+;20-,24-,25-;14-,15-;;/m1011../s1. The van der Waals surface area contributed by atoms with E-state index in [0.717, 1.165) is 203 Å². The second-order valence-corrected chi connectivity index (χ2v) is 36.7. The van der Waals surface area contributed by atoms with Gasteiger partial charge in [-0.05, 0) is 253 Å². The third kappa shape index (κ3) is 20.7. The van der Waals surface area contributed by atoms with Crippen LogP contribution in [0.5, 0.6) is 0 Å². The largest absolute Gasteiger partial charge is 0.378 e. The Balaban J connectivity index is 0.000000119. The maximum atomic E-state index is 13.6. The van der Waals surface area contributed by atoms with Gasteiger partial charge in [-0.2, -0.15) is 3.89 Å². The van der Waals surface area contributed by atoms with Gasteiger partial charge in [0.05, 0.1) is 73.6 Å². The molecule has 1 unspecified atom stereocenters. The Kier molecular flexibility index (Phi) is 29.4. The molecule has 0 saturated carbocycles. The lowest BCUT2D eigenvalue weighted by molar-refractivity contribution is -0.109. The zero-order valence-electron chi connectivity index (χ0n) is 70.1. The molecule has 4 aromatic carbocycles. The van der Waals surface area contributed by atoms with Crippen LogP contribution >= 0.6 is 12.1 Å². The minimum Gasteiger partial charge on any atom is -0.378 e. The fourth-order valence-corrected chi connectivity index (χ4v) is 22.8. The minimum atomic E-state index is -0.303. The Morgan fingerprint density at radius 3 is 0.933 bits per heavy atom. The average molecular weight is 1670 g/mol. The summed E-state index contributed by atoms with van der Waals surface area (Å²) in [7, 11) is 0. The Labute approximate surface area is 711 Å².